The van der Waals surface area contributed by atoms with Gasteiger partial charge in [-0.15, -0.1) is 0 Å². The van der Waals surface area contributed by atoms with Gasteiger partial charge in [-0.25, -0.2) is 0 Å². The van der Waals surface area contributed by atoms with Gasteiger partial charge >= 0.3 is 0 Å². The van der Waals surface area contributed by atoms with Crippen LogP contribution in [0.25, 0.3) is 0 Å². The van der Waals surface area contributed by atoms with Crippen molar-refractivity contribution in [3.8, 4) is 11.5 Å². The Morgan fingerprint density at radius 2 is 1.70 bits per heavy atom. The summed E-state index contributed by atoms with van der Waals surface area (Å²) in [5.41, 5.74) is 1.26. The van der Waals surface area contributed by atoms with Gasteiger partial charge in [0.15, 0.2) is 11.5 Å². The fourth-order valence-corrected chi connectivity index (χ4v) is 2.95. The number of nitrogens with one attached hydrogen (secondary N) is 1. The molecule has 2 atom stereocenters. The highest BCUT2D eigenvalue weighted by Gasteiger charge is 2.18. The SMILES string of the molecule is CCC(CC)C(C)NC(C)c1ccc2c(c1)OCCO2. The van der Waals surface area contributed by atoms with Crippen LogP contribution in [0.1, 0.15) is 52.1 Å². The quantitative estimate of drug-likeness (QED) is 0.854. The van der Waals surface area contributed by atoms with E-state index in [-0.39, 0.29) is 0 Å². The van der Waals surface area contributed by atoms with Crippen LogP contribution in [0.3, 0.4) is 0 Å². The van der Waals surface area contributed by atoms with Crippen LogP contribution in [0.5, 0.6) is 11.5 Å². The van der Waals surface area contributed by atoms with Crippen molar-refractivity contribution in [2.75, 3.05) is 13.2 Å². The summed E-state index contributed by atoms with van der Waals surface area (Å²) in [6.07, 6.45) is 2.44. The Morgan fingerprint density at radius 1 is 1.05 bits per heavy atom. The zero-order valence-electron chi connectivity index (χ0n) is 13.1. The molecular formula is C17H27NO2. The monoisotopic (exact) mass is 277 g/mol. The van der Waals surface area contributed by atoms with Crippen LogP contribution in [0, 0.1) is 5.92 Å². The zero-order valence-corrected chi connectivity index (χ0v) is 13.1. The topological polar surface area (TPSA) is 30.5 Å². The van der Waals surface area contributed by atoms with E-state index < -0.39 is 0 Å². The molecule has 0 spiro atoms. The predicted molar refractivity (Wildman–Crippen MR) is 82.5 cm³/mol. The summed E-state index contributed by atoms with van der Waals surface area (Å²) >= 11 is 0. The smallest absolute Gasteiger partial charge is 0.161 e. The summed E-state index contributed by atoms with van der Waals surface area (Å²) in [6.45, 7) is 10.3. The lowest BCUT2D eigenvalue weighted by Gasteiger charge is -2.27. The summed E-state index contributed by atoms with van der Waals surface area (Å²) in [6, 6.07) is 7.09. The van der Waals surface area contributed by atoms with Crippen LogP contribution in [0.15, 0.2) is 18.2 Å². The molecule has 0 saturated heterocycles. The van der Waals surface area contributed by atoms with Crippen LogP contribution in [-0.2, 0) is 0 Å². The van der Waals surface area contributed by atoms with Crippen molar-refractivity contribution >= 4 is 0 Å². The number of ether oxygens (including phenoxy) is 2. The molecule has 1 aliphatic rings. The maximum atomic E-state index is 5.66. The highest BCUT2D eigenvalue weighted by Crippen LogP contribution is 2.32. The lowest BCUT2D eigenvalue weighted by Crippen LogP contribution is -2.35. The van der Waals surface area contributed by atoms with Crippen molar-refractivity contribution in [1.82, 2.24) is 5.32 Å². The maximum absolute atomic E-state index is 5.66. The van der Waals surface area contributed by atoms with Gasteiger partial charge in [0, 0.05) is 12.1 Å². The molecule has 1 heterocycles. The van der Waals surface area contributed by atoms with Crippen molar-refractivity contribution in [1.29, 1.82) is 0 Å². The number of benzene rings is 1. The van der Waals surface area contributed by atoms with Crippen molar-refractivity contribution in [3.63, 3.8) is 0 Å². The lowest BCUT2D eigenvalue weighted by atomic mass is 9.94. The minimum Gasteiger partial charge on any atom is -0.486 e. The van der Waals surface area contributed by atoms with E-state index in [2.05, 4.69) is 45.1 Å². The molecule has 0 aliphatic carbocycles. The molecule has 1 aliphatic heterocycles. The van der Waals surface area contributed by atoms with E-state index in [4.69, 9.17) is 9.47 Å². The second-order valence-corrected chi connectivity index (χ2v) is 5.66. The molecule has 3 heteroatoms. The Kier molecular flexibility index (Phi) is 5.30. The molecule has 3 nitrogen and oxygen atoms in total. The minimum absolute atomic E-state index is 0.321. The lowest BCUT2D eigenvalue weighted by molar-refractivity contribution is 0.171. The molecule has 20 heavy (non-hydrogen) atoms. The summed E-state index contributed by atoms with van der Waals surface area (Å²) in [7, 11) is 0. The van der Waals surface area contributed by atoms with E-state index in [1.165, 1.54) is 18.4 Å². The Labute approximate surface area is 122 Å². The number of fused-ring (bicyclic) bond motifs is 1. The molecular weight excluding hydrogens is 250 g/mol. The number of hydrogen-bond acceptors (Lipinski definition) is 3. The van der Waals surface area contributed by atoms with Crippen LogP contribution < -0.4 is 14.8 Å². The molecule has 1 aromatic carbocycles. The second-order valence-electron chi connectivity index (χ2n) is 5.66. The van der Waals surface area contributed by atoms with Gasteiger partial charge in [0.05, 0.1) is 0 Å². The van der Waals surface area contributed by atoms with Crippen molar-refractivity contribution in [2.45, 2.75) is 52.6 Å². The standard InChI is InChI=1S/C17H27NO2/c1-5-14(6-2)12(3)18-13(4)15-7-8-16-17(11-15)20-10-9-19-16/h7-8,11-14,18H,5-6,9-10H2,1-4H3. The van der Waals surface area contributed by atoms with E-state index in [1.807, 2.05) is 6.07 Å². The van der Waals surface area contributed by atoms with Gasteiger partial charge in [0.1, 0.15) is 13.2 Å². The van der Waals surface area contributed by atoms with Crippen molar-refractivity contribution < 1.29 is 9.47 Å². The normalized spacial score (nSPS) is 17.1. The van der Waals surface area contributed by atoms with E-state index >= 15 is 0 Å². The molecule has 0 radical (unpaired) electrons. The fourth-order valence-electron chi connectivity index (χ4n) is 2.95. The third kappa shape index (κ3) is 3.45. The summed E-state index contributed by atoms with van der Waals surface area (Å²) < 4.78 is 11.2. The molecule has 1 N–H and O–H groups in total. The molecule has 0 saturated carbocycles. The predicted octanol–water partition coefficient (Wildman–Crippen LogP) is 3.93. The largest absolute Gasteiger partial charge is 0.486 e. The highest BCUT2D eigenvalue weighted by atomic mass is 16.6. The van der Waals surface area contributed by atoms with Gasteiger partial charge < -0.3 is 14.8 Å². The van der Waals surface area contributed by atoms with Gasteiger partial charge in [-0.05, 0) is 37.5 Å². The average Bonchev–Trinajstić information content (AvgIpc) is 2.48. The van der Waals surface area contributed by atoms with Crippen LogP contribution in [0.4, 0.5) is 0 Å². The van der Waals surface area contributed by atoms with Gasteiger partial charge in [0.25, 0.3) is 0 Å². The van der Waals surface area contributed by atoms with E-state index in [0.717, 1.165) is 17.4 Å². The summed E-state index contributed by atoms with van der Waals surface area (Å²) in [5, 5.41) is 3.71. The summed E-state index contributed by atoms with van der Waals surface area (Å²) in [5.74, 6) is 2.47. The molecule has 0 fully saturated rings. The van der Waals surface area contributed by atoms with Crippen LogP contribution in [0.2, 0.25) is 0 Å². The van der Waals surface area contributed by atoms with E-state index in [1.54, 1.807) is 0 Å². The Bertz CT molecular complexity index is 429. The van der Waals surface area contributed by atoms with Gasteiger partial charge in [-0.2, -0.15) is 0 Å². The maximum Gasteiger partial charge on any atom is 0.161 e. The molecule has 1 aromatic rings. The first-order valence-corrected chi connectivity index (χ1v) is 7.81. The van der Waals surface area contributed by atoms with Crippen LogP contribution >= 0.6 is 0 Å². The fraction of sp³-hybridized carbons (Fsp3) is 0.647. The summed E-state index contributed by atoms with van der Waals surface area (Å²) in [4.78, 5) is 0. The Morgan fingerprint density at radius 3 is 2.35 bits per heavy atom. The van der Waals surface area contributed by atoms with Crippen molar-refractivity contribution in [2.24, 2.45) is 5.92 Å². The number of hydrogen-bond donors (Lipinski definition) is 1. The second kappa shape index (κ2) is 6.98. The molecule has 0 amide bonds. The third-order valence-electron chi connectivity index (χ3n) is 4.33. The van der Waals surface area contributed by atoms with Gasteiger partial charge in [-0.1, -0.05) is 32.8 Å². The van der Waals surface area contributed by atoms with Crippen molar-refractivity contribution in [3.05, 3.63) is 23.8 Å². The van der Waals surface area contributed by atoms with E-state index in [0.29, 0.717) is 25.3 Å². The molecule has 0 aromatic heterocycles. The Hall–Kier alpha value is -1.22. The highest BCUT2D eigenvalue weighted by molar-refractivity contribution is 5.44. The first-order chi connectivity index (χ1) is 9.65. The third-order valence-corrected chi connectivity index (χ3v) is 4.33. The molecule has 112 valence electrons. The average molecular weight is 277 g/mol. The number of rotatable bonds is 6. The Balaban J connectivity index is 2.03. The molecule has 0 bridgehead atoms. The van der Waals surface area contributed by atoms with Gasteiger partial charge in [-0.3, -0.25) is 0 Å². The van der Waals surface area contributed by atoms with Crippen LogP contribution in [-0.4, -0.2) is 19.3 Å². The van der Waals surface area contributed by atoms with Gasteiger partial charge in [0.2, 0.25) is 0 Å². The zero-order chi connectivity index (χ0) is 14.5. The van der Waals surface area contributed by atoms with E-state index in [9.17, 15) is 0 Å². The first-order valence-electron chi connectivity index (χ1n) is 7.81. The molecule has 2 rings (SSSR count). The first kappa shape index (κ1) is 15.2. The minimum atomic E-state index is 0.321. The molecule has 2 unspecified atom stereocenters.